The van der Waals surface area contributed by atoms with Gasteiger partial charge in [0, 0.05) is 11.6 Å². The molecular weight excluding hydrogens is 266 g/mol. The van der Waals surface area contributed by atoms with Gasteiger partial charge in [-0.15, -0.1) is 0 Å². The van der Waals surface area contributed by atoms with Crippen molar-refractivity contribution >= 4 is 5.78 Å². The molecule has 112 valence electrons. The van der Waals surface area contributed by atoms with Gasteiger partial charge in [-0.3, -0.25) is 9.69 Å². The lowest BCUT2D eigenvalue weighted by Crippen LogP contribution is -2.38. The minimum atomic E-state index is 0.194. The largest absolute Gasteiger partial charge is 0.454 e. The molecule has 3 aliphatic rings. The fourth-order valence-electron chi connectivity index (χ4n) is 4.05. The molecule has 2 heterocycles. The van der Waals surface area contributed by atoms with Crippen LogP contribution in [0.5, 0.6) is 11.5 Å². The van der Waals surface area contributed by atoms with Crippen LogP contribution < -0.4 is 9.47 Å². The topological polar surface area (TPSA) is 38.8 Å². The molecule has 1 saturated carbocycles. The number of nitrogens with zero attached hydrogens (tertiary/aromatic N) is 1. The molecule has 0 spiro atoms. The monoisotopic (exact) mass is 287 g/mol. The van der Waals surface area contributed by atoms with Gasteiger partial charge in [0.2, 0.25) is 6.79 Å². The van der Waals surface area contributed by atoms with Crippen LogP contribution in [0.2, 0.25) is 0 Å². The number of Topliss-reactive ketones (excluding diaryl/α,β-unsaturated/α-hetero) is 1. The van der Waals surface area contributed by atoms with Crippen molar-refractivity contribution in [2.24, 2.45) is 5.92 Å². The van der Waals surface area contributed by atoms with Crippen LogP contribution in [0.15, 0.2) is 18.2 Å². The molecule has 4 heteroatoms. The number of ketones is 1. The molecule has 1 saturated heterocycles. The van der Waals surface area contributed by atoms with Gasteiger partial charge >= 0.3 is 0 Å². The Hall–Kier alpha value is -1.55. The molecule has 21 heavy (non-hydrogen) atoms. The van der Waals surface area contributed by atoms with Gasteiger partial charge in [0.15, 0.2) is 17.3 Å². The summed E-state index contributed by atoms with van der Waals surface area (Å²) in [6.07, 6.45) is 6.55. The van der Waals surface area contributed by atoms with Crippen LogP contribution in [0.1, 0.15) is 42.5 Å². The van der Waals surface area contributed by atoms with Crippen molar-refractivity contribution in [1.29, 1.82) is 0 Å². The number of carbonyl (C=O) groups excluding carboxylic acids is 1. The predicted octanol–water partition coefficient (Wildman–Crippen LogP) is 2.86. The second-order valence-electron chi connectivity index (χ2n) is 6.36. The van der Waals surface area contributed by atoms with Crippen molar-refractivity contribution < 1.29 is 14.3 Å². The number of hydrogen-bond donors (Lipinski definition) is 0. The second-order valence-corrected chi connectivity index (χ2v) is 6.36. The van der Waals surface area contributed by atoms with Gasteiger partial charge in [-0.2, -0.15) is 0 Å². The van der Waals surface area contributed by atoms with Gasteiger partial charge < -0.3 is 9.47 Å². The molecule has 2 aliphatic heterocycles. The molecule has 1 aliphatic carbocycles. The van der Waals surface area contributed by atoms with Crippen molar-refractivity contribution in [3.8, 4) is 11.5 Å². The molecule has 0 N–H and O–H groups in total. The number of hydrogen-bond acceptors (Lipinski definition) is 4. The van der Waals surface area contributed by atoms with E-state index in [0.717, 1.165) is 23.8 Å². The first kappa shape index (κ1) is 13.1. The zero-order valence-corrected chi connectivity index (χ0v) is 12.2. The standard InChI is InChI=1S/C17H21NO3/c19-15(13-5-6-16-17(9-13)21-11-20-16)10-18-8-7-12-3-1-2-4-14(12)18/h5-6,9,12,14H,1-4,7-8,10-11H2. The molecule has 0 bridgehead atoms. The van der Waals surface area contributed by atoms with Gasteiger partial charge in [-0.25, -0.2) is 0 Å². The van der Waals surface area contributed by atoms with E-state index in [9.17, 15) is 4.79 Å². The minimum Gasteiger partial charge on any atom is -0.454 e. The normalized spacial score (nSPS) is 27.6. The van der Waals surface area contributed by atoms with E-state index >= 15 is 0 Å². The molecule has 0 aromatic heterocycles. The maximum Gasteiger partial charge on any atom is 0.231 e. The first-order valence-corrected chi connectivity index (χ1v) is 7.98. The van der Waals surface area contributed by atoms with Gasteiger partial charge in [0.1, 0.15) is 0 Å². The summed E-state index contributed by atoms with van der Waals surface area (Å²) in [7, 11) is 0. The highest BCUT2D eigenvalue weighted by Crippen LogP contribution is 2.36. The summed E-state index contributed by atoms with van der Waals surface area (Å²) < 4.78 is 10.7. The van der Waals surface area contributed by atoms with E-state index in [1.807, 2.05) is 18.2 Å². The molecule has 1 aromatic rings. The van der Waals surface area contributed by atoms with Crippen LogP contribution in [0.3, 0.4) is 0 Å². The van der Waals surface area contributed by atoms with Crippen molar-refractivity contribution in [3.05, 3.63) is 23.8 Å². The third kappa shape index (κ3) is 2.42. The molecule has 2 unspecified atom stereocenters. The summed E-state index contributed by atoms with van der Waals surface area (Å²) in [6, 6.07) is 6.14. The van der Waals surface area contributed by atoms with E-state index in [-0.39, 0.29) is 12.6 Å². The highest BCUT2D eigenvalue weighted by molar-refractivity contribution is 5.98. The van der Waals surface area contributed by atoms with E-state index in [0.29, 0.717) is 18.3 Å². The summed E-state index contributed by atoms with van der Waals surface area (Å²) in [5.41, 5.74) is 0.735. The molecular formula is C17H21NO3. The van der Waals surface area contributed by atoms with E-state index in [2.05, 4.69) is 4.90 Å². The number of rotatable bonds is 3. The number of likely N-dealkylation sites (tertiary alicyclic amines) is 1. The van der Waals surface area contributed by atoms with Crippen molar-refractivity contribution in [1.82, 2.24) is 4.90 Å². The maximum absolute atomic E-state index is 12.5. The zero-order chi connectivity index (χ0) is 14.2. The molecule has 1 aromatic carbocycles. The van der Waals surface area contributed by atoms with E-state index in [1.54, 1.807) is 0 Å². The summed E-state index contributed by atoms with van der Waals surface area (Å²) in [5.74, 6) is 2.45. The Labute approximate surface area is 125 Å². The molecule has 4 rings (SSSR count). The Balaban J connectivity index is 1.46. The highest BCUT2D eigenvalue weighted by atomic mass is 16.7. The SMILES string of the molecule is O=C(CN1CCC2CCCCC21)c1ccc2c(c1)OCO2. The van der Waals surface area contributed by atoms with E-state index < -0.39 is 0 Å². The number of carbonyl (C=O) groups is 1. The Kier molecular flexibility index (Phi) is 3.34. The summed E-state index contributed by atoms with van der Waals surface area (Å²) in [4.78, 5) is 14.9. The lowest BCUT2D eigenvalue weighted by atomic mass is 9.85. The average molecular weight is 287 g/mol. The Morgan fingerprint density at radius 2 is 2.00 bits per heavy atom. The molecule has 2 atom stereocenters. The third-order valence-corrected chi connectivity index (χ3v) is 5.17. The Morgan fingerprint density at radius 3 is 2.95 bits per heavy atom. The molecule has 2 fully saturated rings. The summed E-state index contributed by atoms with van der Waals surface area (Å²) >= 11 is 0. The van der Waals surface area contributed by atoms with Crippen molar-refractivity contribution in [3.63, 3.8) is 0 Å². The fraction of sp³-hybridized carbons (Fsp3) is 0.588. The minimum absolute atomic E-state index is 0.194. The van der Waals surface area contributed by atoms with Crippen LogP contribution >= 0.6 is 0 Å². The molecule has 0 amide bonds. The fourth-order valence-corrected chi connectivity index (χ4v) is 4.05. The molecule has 0 radical (unpaired) electrons. The van der Waals surface area contributed by atoms with Crippen LogP contribution in [0.4, 0.5) is 0 Å². The van der Waals surface area contributed by atoms with Crippen LogP contribution in [-0.4, -0.2) is 36.6 Å². The smallest absolute Gasteiger partial charge is 0.231 e. The van der Waals surface area contributed by atoms with E-state index in [4.69, 9.17) is 9.47 Å². The summed E-state index contributed by atoms with van der Waals surface area (Å²) in [6.45, 7) is 1.87. The summed E-state index contributed by atoms with van der Waals surface area (Å²) in [5, 5.41) is 0. The van der Waals surface area contributed by atoms with Crippen LogP contribution in [-0.2, 0) is 0 Å². The first-order valence-electron chi connectivity index (χ1n) is 7.98. The second kappa shape index (κ2) is 5.34. The van der Waals surface area contributed by atoms with E-state index in [1.165, 1.54) is 32.1 Å². The number of fused-ring (bicyclic) bond motifs is 2. The number of ether oxygens (including phenoxy) is 2. The Bertz CT molecular complexity index is 557. The average Bonchev–Trinajstić information content (AvgIpc) is 3.13. The van der Waals surface area contributed by atoms with Gasteiger partial charge in [0.25, 0.3) is 0 Å². The van der Waals surface area contributed by atoms with Gasteiger partial charge in [-0.1, -0.05) is 12.8 Å². The van der Waals surface area contributed by atoms with Gasteiger partial charge in [-0.05, 0) is 49.9 Å². The Morgan fingerprint density at radius 1 is 1.14 bits per heavy atom. The lowest BCUT2D eigenvalue weighted by Gasteiger charge is -2.31. The predicted molar refractivity (Wildman–Crippen MR) is 78.8 cm³/mol. The van der Waals surface area contributed by atoms with Gasteiger partial charge in [0.05, 0.1) is 6.54 Å². The maximum atomic E-state index is 12.5. The first-order chi connectivity index (χ1) is 10.3. The quantitative estimate of drug-likeness (QED) is 0.801. The van der Waals surface area contributed by atoms with Crippen LogP contribution in [0, 0.1) is 5.92 Å². The van der Waals surface area contributed by atoms with Crippen molar-refractivity contribution in [2.45, 2.75) is 38.1 Å². The number of benzene rings is 1. The zero-order valence-electron chi connectivity index (χ0n) is 12.2. The lowest BCUT2D eigenvalue weighted by molar-refractivity contribution is 0.0895. The third-order valence-electron chi connectivity index (χ3n) is 5.17. The van der Waals surface area contributed by atoms with Crippen molar-refractivity contribution in [2.75, 3.05) is 19.9 Å². The highest BCUT2D eigenvalue weighted by Gasteiger charge is 2.36. The molecule has 4 nitrogen and oxygen atoms in total. The van der Waals surface area contributed by atoms with Crippen LogP contribution in [0.25, 0.3) is 0 Å².